The fourth-order valence-electron chi connectivity index (χ4n) is 2.50. The highest BCUT2D eigenvalue weighted by Gasteiger charge is 2.35. The third-order valence-corrected chi connectivity index (χ3v) is 4.43. The van der Waals surface area contributed by atoms with Crippen LogP contribution in [0.3, 0.4) is 0 Å². The first-order chi connectivity index (χ1) is 9.99. The van der Waals surface area contributed by atoms with Crippen molar-refractivity contribution in [2.45, 2.75) is 31.3 Å². The second-order valence-electron chi connectivity index (χ2n) is 4.86. The van der Waals surface area contributed by atoms with Crippen molar-refractivity contribution in [3.63, 3.8) is 0 Å². The van der Waals surface area contributed by atoms with Crippen LogP contribution in [-0.4, -0.2) is 40.5 Å². The number of aliphatic carboxylic acids is 1. The van der Waals surface area contributed by atoms with E-state index in [1.54, 1.807) is 6.07 Å². The molecule has 0 bridgehead atoms. The Bertz CT molecular complexity index is 532. The van der Waals surface area contributed by atoms with E-state index < -0.39 is 24.1 Å². The Morgan fingerprint density at radius 1 is 1.52 bits per heavy atom. The molecular weight excluding hydrogens is 294 g/mol. The molecule has 2 heterocycles. The Hall–Kier alpha value is -2.09. The van der Waals surface area contributed by atoms with Gasteiger partial charge >= 0.3 is 12.0 Å². The summed E-state index contributed by atoms with van der Waals surface area (Å²) in [7, 11) is 0. The highest BCUT2D eigenvalue weighted by atomic mass is 32.1. The number of primary amides is 1. The number of hydrogen-bond acceptors (Lipinski definition) is 4. The molecule has 4 N–H and O–H groups in total. The topological polar surface area (TPSA) is 113 Å². The molecule has 1 aliphatic heterocycles. The van der Waals surface area contributed by atoms with E-state index in [-0.39, 0.29) is 12.3 Å². The third kappa shape index (κ3) is 3.72. The number of likely N-dealkylation sites (tertiary alicyclic amines) is 1. The van der Waals surface area contributed by atoms with Crippen molar-refractivity contribution in [1.82, 2.24) is 10.2 Å². The van der Waals surface area contributed by atoms with Crippen molar-refractivity contribution in [2.24, 2.45) is 5.73 Å². The molecule has 1 unspecified atom stereocenters. The van der Waals surface area contributed by atoms with Gasteiger partial charge in [-0.25, -0.2) is 9.59 Å². The maximum absolute atomic E-state index is 12.3. The van der Waals surface area contributed by atoms with Gasteiger partial charge in [0.15, 0.2) is 0 Å². The van der Waals surface area contributed by atoms with Crippen LogP contribution in [0.15, 0.2) is 17.5 Å². The Balaban J connectivity index is 2.07. The predicted octanol–water partition coefficient (Wildman–Crippen LogP) is 0.923. The summed E-state index contributed by atoms with van der Waals surface area (Å²) in [5, 5.41) is 13.5. The van der Waals surface area contributed by atoms with Crippen LogP contribution < -0.4 is 11.1 Å². The summed E-state index contributed by atoms with van der Waals surface area (Å²) < 4.78 is 0. The molecule has 0 spiro atoms. The monoisotopic (exact) mass is 311 g/mol. The van der Waals surface area contributed by atoms with Crippen molar-refractivity contribution in [2.75, 3.05) is 6.54 Å². The van der Waals surface area contributed by atoms with Crippen LogP contribution in [0, 0.1) is 0 Å². The molecule has 1 aromatic rings. The van der Waals surface area contributed by atoms with Gasteiger partial charge in [0.25, 0.3) is 0 Å². The fourth-order valence-corrected chi connectivity index (χ4v) is 3.28. The summed E-state index contributed by atoms with van der Waals surface area (Å²) >= 11 is 1.41. The Morgan fingerprint density at radius 2 is 2.29 bits per heavy atom. The second kappa shape index (κ2) is 6.57. The number of thiophene rings is 1. The smallest absolute Gasteiger partial charge is 0.326 e. The van der Waals surface area contributed by atoms with Crippen molar-refractivity contribution >= 4 is 29.2 Å². The normalized spacial score (nSPS) is 19.2. The summed E-state index contributed by atoms with van der Waals surface area (Å²) in [6.45, 7) is 0.434. The lowest BCUT2D eigenvalue weighted by molar-refractivity contribution is -0.148. The highest BCUT2D eigenvalue weighted by Crippen LogP contribution is 2.25. The average Bonchev–Trinajstić information content (AvgIpc) is 3.08. The van der Waals surface area contributed by atoms with Crippen LogP contribution in [-0.2, 0) is 9.59 Å². The van der Waals surface area contributed by atoms with E-state index in [1.807, 2.05) is 11.4 Å². The first-order valence-corrected chi connectivity index (χ1v) is 7.48. The standard InChI is InChI=1S/C13H17N3O4S/c14-13(20)15-8(10-4-2-6-21-10)7-11(17)16-5-1-3-9(16)12(18)19/h2,4,6,8-9H,1,3,5,7H2,(H,18,19)(H3,14,15,20)/t8?,9-/m0/s1. The van der Waals surface area contributed by atoms with Gasteiger partial charge in [-0.3, -0.25) is 4.79 Å². The van der Waals surface area contributed by atoms with E-state index in [1.165, 1.54) is 16.2 Å². The molecule has 1 aromatic heterocycles. The molecule has 0 aliphatic carbocycles. The number of nitrogens with one attached hydrogen (secondary N) is 1. The lowest BCUT2D eigenvalue weighted by Crippen LogP contribution is -2.43. The van der Waals surface area contributed by atoms with Gasteiger partial charge in [-0.2, -0.15) is 0 Å². The Morgan fingerprint density at radius 3 is 2.86 bits per heavy atom. The Labute approximate surface area is 125 Å². The summed E-state index contributed by atoms with van der Waals surface area (Å²) in [6, 6.07) is 1.62. The number of rotatable bonds is 5. The van der Waals surface area contributed by atoms with Gasteiger partial charge in [0.1, 0.15) is 6.04 Å². The van der Waals surface area contributed by atoms with E-state index in [0.29, 0.717) is 19.4 Å². The molecule has 0 saturated carbocycles. The van der Waals surface area contributed by atoms with E-state index >= 15 is 0 Å². The van der Waals surface area contributed by atoms with Crippen LogP contribution in [0.2, 0.25) is 0 Å². The first kappa shape index (κ1) is 15.3. The zero-order valence-corrected chi connectivity index (χ0v) is 12.1. The number of carbonyl (C=O) groups excluding carboxylic acids is 2. The van der Waals surface area contributed by atoms with E-state index in [4.69, 9.17) is 10.8 Å². The zero-order chi connectivity index (χ0) is 15.4. The van der Waals surface area contributed by atoms with Gasteiger partial charge in [0.2, 0.25) is 5.91 Å². The molecular formula is C13H17N3O4S. The number of carboxylic acids is 1. The maximum Gasteiger partial charge on any atom is 0.326 e. The van der Waals surface area contributed by atoms with Crippen molar-refractivity contribution in [3.05, 3.63) is 22.4 Å². The van der Waals surface area contributed by atoms with Gasteiger partial charge in [-0.05, 0) is 24.3 Å². The lowest BCUT2D eigenvalue weighted by atomic mass is 10.1. The molecule has 21 heavy (non-hydrogen) atoms. The summed E-state index contributed by atoms with van der Waals surface area (Å²) in [4.78, 5) is 36.7. The largest absolute Gasteiger partial charge is 0.480 e. The molecule has 114 valence electrons. The van der Waals surface area contributed by atoms with Gasteiger partial charge in [0.05, 0.1) is 12.5 Å². The lowest BCUT2D eigenvalue weighted by Gasteiger charge is -2.24. The number of hydrogen-bond donors (Lipinski definition) is 3. The predicted molar refractivity (Wildman–Crippen MR) is 76.8 cm³/mol. The van der Waals surface area contributed by atoms with E-state index in [2.05, 4.69) is 5.32 Å². The number of nitrogens with zero attached hydrogens (tertiary/aromatic N) is 1. The van der Waals surface area contributed by atoms with Gasteiger partial charge < -0.3 is 21.1 Å². The summed E-state index contributed by atoms with van der Waals surface area (Å²) in [5.74, 6) is -1.27. The van der Waals surface area contributed by atoms with Crippen molar-refractivity contribution < 1.29 is 19.5 Å². The Kier molecular flexibility index (Phi) is 4.79. The number of carbonyl (C=O) groups is 3. The molecule has 7 nitrogen and oxygen atoms in total. The average molecular weight is 311 g/mol. The minimum Gasteiger partial charge on any atom is -0.480 e. The zero-order valence-electron chi connectivity index (χ0n) is 11.3. The van der Waals surface area contributed by atoms with E-state index in [9.17, 15) is 14.4 Å². The first-order valence-electron chi connectivity index (χ1n) is 6.60. The molecule has 8 heteroatoms. The second-order valence-corrected chi connectivity index (χ2v) is 5.84. The van der Waals surface area contributed by atoms with E-state index in [0.717, 1.165) is 4.88 Å². The van der Waals surface area contributed by atoms with Crippen LogP contribution in [0.5, 0.6) is 0 Å². The number of urea groups is 1. The molecule has 1 fully saturated rings. The molecule has 1 aliphatic rings. The number of nitrogens with two attached hydrogens (primary N) is 1. The minimum atomic E-state index is -0.989. The third-order valence-electron chi connectivity index (χ3n) is 3.44. The van der Waals surface area contributed by atoms with Crippen molar-refractivity contribution in [3.8, 4) is 0 Å². The number of carboxylic acid groups (broad SMARTS) is 1. The highest BCUT2D eigenvalue weighted by molar-refractivity contribution is 7.10. The molecule has 2 rings (SSSR count). The molecule has 0 radical (unpaired) electrons. The minimum absolute atomic E-state index is 0.00718. The maximum atomic E-state index is 12.3. The number of amides is 3. The molecule has 3 amide bonds. The van der Waals surface area contributed by atoms with Crippen LogP contribution in [0.1, 0.15) is 30.2 Å². The quantitative estimate of drug-likeness (QED) is 0.750. The van der Waals surface area contributed by atoms with Gasteiger partial charge in [0, 0.05) is 11.4 Å². The van der Waals surface area contributed by atoms with Crippen molar-refractivity contribution in [1.29, 1.82) is 0 Å². The van der Waals surface area contributed by atoms with Gasteiger partial charge in [-0.15, -0.1) is 11.3 Å². The van der Waals surface area contributed by atoms with Crippen LogP contribution in [0.4, 0.5) is 4.79 Å². The summed E-state index contributed by atoms with van der Waals surface area (Å²) in [6.07, 6.45) is 1.15. The summed E-state index contributed by atoms with van der Waals surface area (Å²) in [5.41, 5.74) is 5.14. The molecule has 1 saturated heterocycles. The molecule has 2 atom stereocenters. The fraction of sp³-hybridized carbons (Fsp3) is 0.462. The van der Waals surface area contributed by atoms with Crippen LogP contribution >= 0.6 is 11.3 Å². The SMILES string of the molecule is NC(=O)NC(CC(=O)N1CCC[C@H]1C(=O)O)c1cccs1. The molecule has 0 aromatic carbocycles. The van der Waals surface area contributed by atoms with Gasteiger partial charge in [-0.1, -0.05) is 6.07 Å². The van der Waals surface area contributed by atoms with Crippen LogP contribution in [0.25, 0.3) is 0 Å².